The number of hydrogen-bond acceptors (Lipinski definition) is 7. The molecule has 0 spiro atoms. The third kappa shape index (κ3) is 8.79. The van der Waals surface area contributed by atoms with E-state index in [1.54, 1.807) is 55.5 Å². The molecular formula is C26H23ClN4O6. The van der Waals surface area contributed by atoms with E-state index in [9.17, 15) is 19.2 Å². The number of ether oxygens (including phenoxy) is 2. The van der Waals surface area contributed by atoms with Crippen LogP contribution < -0.4 is 20.8 Å². The molecule has 11 heteroatoms. The molecule has 3 amide bonds. The summed E-state index contributed by atoms with van der Waals surface area (Å²) < 4.78 is 10.3. The second kappa shape index (κ2) is 13.4. The molecule has 3 aromatic rings. The van der Waals surface area contributed by atoms with Gasteiger partial charge in [-0.1, -0.05) is 17.7 Å². The van der Waals surface area contributed by atoms with Crippen LogP contribution in [0.25, 0.3) is 0 Å². The van der Waals surface area contributed by atoms with Crippen molar-refractivity contribution in [3.63, 3.8) is 0 Å². The fraction of sp³-hybridized carbons (Fsp3) is 0.115. The smallest absolute Gasteiger partial charge is 0.338 e. The van der Waals surface area contributed by atoms with E-state index in [0.717, 1.165) is 0 Å². The summed E-state index contributed by atoms with van der Waals surface area (Å²) in [7, 11) is 0. The van der Waals surface area contributed by atoms with Gasteiger partial charge in [0.1, 0.15) is 5.75 Å². The molecule has 0 fully saturated rings. The highest BCUT2D eigenvalue weighted by Crippen LogP contribution is 2.15. The average molecular weight is 523 g/mol. The van der Waals surface area contributed by atoms with Crippen LogP contribution in [0.15, 0.2) is 77.9 Å². The molecule has 0 unspecified atom stereocenters. The van der Waals surface area contributed by atoms with Gasteiger partial charge in [0.05, 0.1) is 18.4 Å². The molecule has 190 valence electrons. The minimum absolute atomic E-state index is 0.198. The minimum Gasteiger partial charge on any atom is -0.484 e. The van der Waals surface area contributed by atoms with Gasteiger partial charge in [-0.15, -0.1) is 0 Å². The summed E-state index contributed by atoms with van der Waals surface area (Å²) in [6.45, 7) is 1.75. The lowest BCUT2D eigenvalue weighted by molar-refractivity contribution is -0.136. The van der Waals surface area contributed by atoms with Crippen LogP contribution in [-0.2, 0) is 19.1 Å². The maximum absolute atomic E-state index is 12.0. The molecule has 0 atom stereocenters. The van der Waals surface area contributed by atoms with Gasteiger partial charge in [-0.2, -0.15) is 5.10 Å². The molecule has 3 aromatic carbocycles. The molecule has 0 aromatic heterocycles. The van der Waals surface area contributed by atoms with Crippen molar-refractivity contribution in [3.05, 3.63) is 88.9 Å². The van der Waals surface area contributed by atoms with Crippen molar-refractivity contribution < 1.29 is 28.7 Å². The number of carbonyl (C=O) groups is 4. The number of esters is 1. The molecule has 0 aliphatic heterocycles. The number of benzene rings is 3. The van der Waals surface area contributed by atoms with Crippen molar-refractivity contribution in [2.24, 2.45) is 5.10 Å². The van der Waals surface area contributed by atoms with E-state index in [0.29, 0.717) is 33.3 Å². The van der Waals surface area contributed by atoms with Gasteiger partial charge in [-0.3, -0.25) is 14.4 Å². The van der Waals surface area contributed by atoms with Crippen molar-refractivity contribution in [2.75, 3.05) is 23.8 Å². The van der Waals surface area contributed by atoms with Crippen LogP contribution in [-0.4, -0.2) is 43.1 Å². The molecule has 0 heterocycles. The second-order valence-corrected chi connectivity index (χ2v) is 7.80. The monoisotopic (exact) mass is 522 g/mol. The first-order valence-corrected chi connectivity index (χ1v) is 11.4. The largest absolute Gasteiger partial charge is 0.484 e. The van der Waals surface area contributed by atoms with Crippen LogP contribution in [0.2, 0.25) is 5.02 Å². The van der Waals surface area contributed by atoms with E-state index in [1.807, 2.05) is 0 Å². The Bertz CT molecular complexity index is 1290. The van der Waals surface area contributed by atoms with Gasteiger partial charge in [-0.05, 0) is 79.2 Å². The zero-order chi connectivity index (χ0) is 26.6. The van der Waals surface area contributed by atoms with Crippen LogP contribution in [0.3, 0.4) is 0 Å². The van der Waals surface area contributed by atoms with E-state index in [-0.39, 0.29) is 19.1 Å². The highest BCUT2D eigenvalue weighted by atomic mass is 35.5. The van der Waals surface area contributed by atoms with Gasteiger partial charge in [0.2, 0.25) is 0 Å². The van der Waals surface area contributed by atoms with Crippen LogP contribution in [0.1, 0.15) is 22.8 Å². The number of hydrogen-bond donors (Lipinski definition) is 3. The zero-order valence-corrected chi connectivity index (χ0v) is 20.5. The van der Waals surface area contributed by atoms with Crippen LogP contribution in [0, 0.1) is 0 Å². The summed E-state index contributed by atoms with van der Waals surface area (Å²) in [6, 6.07) is 19.2. The Morgan fingerprint density at radius 2 is 1.62 bits per heavy atom. The number of amides is 3. The summed E-state index contributed by atoms with van der Waals surface area (Å²) in [5.41, 5.74) is 3.96. The molecule has 10 nitrogen and oxygen atoms in total. The standard InChI is InChI=1S/C26H23ClN4O6/c1-2-36-26(35)18-8-10-20(11-9-18)30-24(33)25(34)31-28-15-17-6-12-22(13-7-17)37-16-23(32)29-21-5-3-4-19(27)14-21/h3-15H,2,16H2,1H3,(H,29,32)(H,30,33)(H,31,34)/b28-15-. The van der Waals surface area contributed by atoms with E-state index >= 15 is 0 Å². The Hall–Kier alpha value is -4.70. The molecular weight excluding hydrogens is 500 g/mol. The van der Waals surface area contributed by atoms with Crippen LogP contribution in [0.5, 0.6) is 5.75 Å². The highest BCUT2D eigenvalue weighted by Gasteiger charge is 2.13. The molecule has 0 saturated heterocycles. The molecule has 0 bridgehead atoms. The van der Waals surface area contributed by atoms with E-state index < -0.39 is 17.8 Å². The molecule has 0 radical (unpaired) electrons. The first-order chi connectivity index (χ1) is 17.8. The SMILES string of the molecule is CCOC(=O)c1ccc(NC(=O)C(=O)N/N=C\c2ccc(OCC(=O)Nc3cccc(Cl)c3)cc2)cc1. The molecule has 3 N–H and O–H groups in total. The zero-order valence-electron chi connectivity index (χ0n) is 19.7. The van der Waals surface area contributed by atoms with E-state index in [2.05, 4.69) is 21.2 Å². The molecule has 37 heavy (non-hydrogen) atoms. The topological polar surface area (TPSA) is 135 Å². The Morgan fingerprint density at radius 1 is 0.892 bits per heavy atom. The van der Waals surface area contributed by atoms with Gasteiger partial charge in [-0.25, -0.2) is 10.2 Å². The lowest BCUT2D eigenvalue weighted by Crippen LogP contribution is -2.32. The van der Waals surface area contributed by atoms with E-state index in [1.165, 1.54) is 30.5 Å². The number of hydrazone groups is 1. The summed E-state index contributed by atoms with van der Waals surface area (Å²) >= 11 is 5.89. The quantitative estimate of drug-likeness (QED) is 0.170. The summed E-state index contributed by atoms with van der Waals surface area (Å²) in [5, 5.41) is 9.35. The summed E-state index contributed by atoms with van der Waals surface area (Å²) in [5.74, 6) is -2.27. The maximum Gasteiger partial charge on any atom is 0.338 e. The number of halogens is 1. The lowest BCUT2D eigenvalue weighted by Gasteiger charge is -2.08. The predicted molar refractivity (Wildman–Crippen MR) is 139 cm³/mol. The average Bonchev–Trinajstić information content (AvgIpc) is 2.88. The number of nitrogens with one attached hydrogen (secondary N) is 3. The van der Waals surface area contributed by atoms with Gasteiger partial charge in [0.25, 0.3) is 5.91 Å². The molecule has 0 aliphatic rings. The maximum atomic E-state index is 12.0. The Morgan fingerprint density at radius 3 is 2.30 bits per heavy atom. The normalized spacial score (nSPS) is 10.4. The summed E-state index contributed by atoms with van der Waals surface area (Å²) in [6.07, 6.45) is 1.34. The molecule has 0 saturated carbocycles. The van der Waals surface area contributed by atoms with Crippen LogP contribution >= 0.6 is 11.6 Å². The Kier molecular flexibility index (Phi) is 9.74. The third-order valence-corrected chi connectivity index (χ3v) is 4.83. The molecule has 3 rings (SSSR count). The minimum atomic E-state index is -0.976. The van der Waals surface area contributed by atoms with Crippen LogP contribution in [0.4, 0.5) is 11.4 Å². The van der Waals surface area contributed by atoms with Crippen molar-refractivity contribution >= 4 is 52.9 Å². The first-order valence-electron chi connectivity index (χ1n) is 11.0. The fourth-order valence-corrected chi connectivity index (χ4v) is 3.06. The fourth-order valence-electron chi connectivity index (χ4n) is 2.87. The number of rotatable bonds is 9. The van der Waals surface area contributed by atoms with Gasteiger partial charge in [0.15, 0.2) is 6.61 Å². The van der Waals surface area contributed by atoms with Crippen molar-refractivity contribution in [1.29, 1.82) is 0 Å². The van der Waals surface area contributed by atoms with Gasteiger partial charge in [0, 0.05) is 16.4 Å². The number of nitrogens with zero attached hydrogens (tertiary/aromatic N) is 1. The number of carbonyl (C=O) groups excluding carboxylic acids is 4. The van der Waals surface area contributed by atoms with Crippen molar-refractivity contribution in [2.45, 2.75) is 6.92 Å². The second-order valence-electron chi connectivity index (χ2n) is 7.37. The Balaban J connectivity index is 1.42. The van der Waals surface area contributed by atoms with Gasteiger partial charge < -0.3 is 20.1 Å². The number of anilines is 2. The summed E-state index contributed by atoms with van der Waals surface area (Å²) in [4.78, 5) is 47.7. The van der Waals surface area contributed by atoms with Crippen molar-refractivity contribution in [3.8, 4) is 5.75 Å². The Labute approximate surface area is 217 Å². The van der Waals surface area contributed by atoms with Crippen molar-refractivity contribution in [1.82, 2.24) is 5.43 Å². The predicted octanol–water partition coefficient (Wildman–Crippen LogP) is 3.62. The van der Waals surface area contributed by atoms with Gasteiger partial charge >= 0.3 is 17.8 Å². The lowest BCUT2D eigenvalue weighted by atomic mass is 10.2. The third-order valence-electron chi connectivity index (χ3n) is 4.60. The molecule has 0 aliphatic carbocycles. The first kappa shape index (κ1) is 26.9. The van der Waals surface area contributed by atoms with E-state index in [4.69, 9.17) is 21.1 Å². The highest BCUT2D eigenvalue weighted by molar-refractivity contribution is 6.39.